The highest BCUT2D eigenvalue weighted by molar-refractivity contribution is 5.44. The third kappa shape index (κ3) is 3.03. The van der Waals surface area contributed by atoms with E-state index in [-0.39, 0.29) is 0 Å². The molecule has 110 valence electrons. The van der Waals surface area contributed by atoms with Gasteiger partial charge in [-0.25, -0.2) is 0 Å². The molecule has 1 atom stereocenters. The molecule has 0 radical (unpaired) electrons. The summed E-state index contributed by atoms with van der Waals surface area (Å²) in [4.78, 5) is 0. The van der Waals surface area contributed by atoms with Gasteiger partial charge in [0.1, 0.15) is 6.10 Å². The number of rotatable bonds is 4. The van der Waals surface area contributed by atoms with E-state index in [0.29, 0.717) is 0 Å². The van der Waals surface area contributed by atoms with E-state index in [0.717, 1.165) is 30.4 Å². The third-order valence-electron chi connectivity index (χ3n) is 4.59. The van der Waals surface area contributed by atoms with Gasteiger partial charge >= 0.3 is 0 Å². The van der Waals surface area contributed by atoms with Gasteiger partial charge in [0.2, 0.25) is 0 Å². The van der Waals surface area contributed by atoms with E-state index in [4.69, 9.17) is 0 Å². The van der Waals surface area contributed by atoms with E-state index in [1.165, 1.54) is 36.0 Å². The molecule has 0 fully saturated rings. The molecule has 1 aliphatic rings. The van der Waals surface area contributed by atoms with E-state index in [1.807, 2.05) is 6.07 Å². The molecule has 1 aliphatic carbocycles. The number of unbranched alkanes of at least 4 members (excludes halogenated alkanes) is 2. The van der Waals surface area contributed by atoms with Crippen molar-refractivity contribution >= 4 is 0 Å². The van der Waals surface area contributed by atoms with Gasteiger partial charge in [-0.05, 0) is 53.5 Å². The fourth-order valence-electron chi connectivity index (χ4n) is 3.33. The van der Waals surface area contributed by atoms with E-state index in [1.54, 1.807) is 0 Å². The van der Waals surface area contributed by atoms with Crippen LogP contribution in [0, 0.1) is 0 Å². The lowest BCUT2D eigenvalue weighted by atomic mass is 9.94. The van der Waals surface area contributed by atoms with E-state index < -0.39 is 6.10 Å². The number of aliphatic hydroxyl groups is 1. The molecular weight excluding hydrogens is 256 g/mol. The second-order valence-electron chi connectivity index (χ2n) is 6.09. The van der Waals surface area contributed by atoms with Gasteiger partial charge < -0.3 is 5.11 Å². The predicted octanol–water partition coefficient (Wildman–Crippen LogP) is 4.60. The highest BCUT2D eigenvalue weighted by Gasteiger charge is 2.21. The van der Waals surface area contributed by atoms with Crippen LogP contribution in [0.1, 0.15) is 60.1 Å². The lowest BCUT2D eigenvalue weighted by Gasteiger charge is -2.15. The van der Waals surface area contributed by atoms with Crippen molar-refractivity contribution in [2.45, 2.75) is 51.6 Å². The van der Waals surface area contributed by atoms with Crippen LogP contribution < -0.4 is 0 Å². The molecule has 0 spiro atoms. The van der Waals surface area contributed by atoms with Crippen LogP contribution in [0.5, 0.6) is 0 Å². The van der Waals surface area contributed by atoms with Crippen molar-refractivity contribution in [2.24, 2.45) is 0 Å². The van der Waals surface area contributed by atoms with Crippen LogP contribution in [0.15, 0.2) is 42.5 Å². The van der Waals surface area contributed by atoms with Gasteiger partial charge in [0.05, 0.1) is 0 Å². The number of aliphatic hydroxyl groups excluding tert-OH is 1. The summed E-state index contributed by atoms with van der Waals surface area (Å²) in [7, 11) is 0. The first-order chi connectivity index (χ1) is 10.3. The highest BCUT2D eigenvalue weighted by atomic mass is 16.3. The quantitative estimate of drug-likeness (QED) is 0.812. The Balaban J connectivity index is 1.91. The Morgan fingerprint density at radius 3 is 2.52 bits per heavy atom. The molecule has 1 heteroatoms. The number of benzene rings is 2. The Bertz CT molecular complexity index is 615. The van der Waals surface area contributed by atoms with Crippen molar-refractivity contribution in [2.75, 3.05) is 0 Å². The molecule has 1 nitrogen and oxygen atoms in total. The molecule has 21 heavy (non-hydrogen) atoms. The van der Waals surface area contributed by atoms with Crippen molar-refractivity contribution < 1.29 is 5.11 Å². The maximum atomic E-state index is 10.8. The number of fused-ring (bicyclic) bond motifs is 2. The molecule has 1 N–H and O–H groups in total. The van der Waals surface area contributed by atoms with Gasteiger partial charge in [-0.2, -0.15) is 0 Å². The average molecular weight is 280 g/mol. The van der Waals surface area contributed by atoms with Crippen LogP contribution in [0.25, 0.3) is 0 Å². The molecule has 0 saturated carbocycles. The lowest BCUT2D eigenvalue weighted by Crippen LogP contribution is -2.03. The van der Waals surface area contributed by atoms with E-state index >= 15 is 0 Å². The Kier molecular flexibility index (Phi) is 4.40. The molecule has 2 aromatic carbocycles. The smallest absolute Gasteiger partial charge is 0.105 e. The molecule has 0 heterocycles. The molecule has 0 aromatic heterocycles. The number of hydrogen-bond donors (Lipinski definition) is 1. The molecule has 0 aliphatic heterocycles. The van der Waals surface area contributed by atoms with Gasteiger partial charge in [-0.15, -0.1) is 0 Å². The topological polar surface area (TPSA) is 20.2 Å². The van der Waals surface area contributed by atoms with Crippen LogP contribution in [-0.2, 0) is 19.3 Å². The first-order valence-corrected chi connectivity index (χ1v) is 8.17. The fraction of sp³-hybridized carbons (Fsp3) is 0.400. The van der Waals surface area contributed by atoms with Gasteiger partial charge in [0.25, 0.3) is 0 Å². The monoisotopic (exact) mass is 280 g/mol. The Labute approximate surface area is 127 Å². The second-order valence-corrected chi connectivity index (χ2v) is 6.09. The number of hydrogen-bond acceptors (Lipinski definition) is 1. The molecule has 0 bridgehead atoms. The Morgan fingerprint density at radius 1 is 0.952 bits per heavy atom. The van der Waals surface area contributed by atoms with Crippen molar-refractivity contribution in [1.29, 1.82) is 0 Å². The fourth-order valence-corrected chi connectivity index (χ4v) is 3.33. The first-order valence-electron chi connectivity index (χ1n) is 8.17. The minimum Gasteiger partial charge on any atom is -0.384 e. The Morgan fingerprint density at radius 2 is 1.71 bits per heavy atom. The number of aryl methyl sites for hydroxylation is 3. The SMILES string of the molecule is CCCCCc1ccc2c(c1)C(O)c1ccccc1CC2. The summed E-state index contributed by atoms with van der Waals surface area (Å²) in [5, 5.41) is 10.8. The van der Waals surface area contributed by atoms with Crippen molar-refractivity contribution in [3.63, 3.8) is 0 Å². The van der Waals surface area contributed by atoms with E-state index in [2.05, 4.69) is 43.3 Å². The molecule has 0 saturated heterocycles. The first kappa shape index (κ1) is 14.3. The summed E-state index contributed by atoms with van der Waals surface area (Å²) >= 11 is 0. The lowest BCUT2D eigenvalue weighted by molar-refractivity contribution is 0.219. The zero-order valence-corrected chi connectivity index (χ0v) is 12.8. The third-order valence-corrected chi connectivity index (χ3v) is 4.59. The largest absolute Gasteiger partial charge is 0.384 e. The molecule has 1 unspecified atom stereocenters. The summed E-state index contributed by atoms with van der Waals surface area (Å²) in [6.45, 7) is 2.23. The zero-order chi connectivity index (χ0) is 14.7. The van der Waals surface area contributed by atoms with Crippen molar-refractivity contribution in [1.82, 2.24) is 0 Å². The van der Waals surface area contributed by atoms with Gasteiger partial charge in [0, 0.05) is 0 Å². The molecular formula is C20H24O. The average Bonchev–Trinajstić information content (AvgIpc) is 2.66. The molecule has 3 rings (SSSR count). The zero-order valence-electron chi connectivity index (χ0n) is 12.8. The minimum atomic E-state index is -0.468. The normalized spacial score (nSPS) is 17.0. The summed E-state index contributed by atoms with van der Waals surface area (Å²) in [6, 6.07) is 15.0. The summed E-state index contributed by atoms with van der Waals surface area (Å²) in [6.07, 6.45) is 6.47. The van der Waals surface area contributed by atoms with Crippen molar-refractivity contribution in [3.8, 4) is 0 Å². The summed E-state index contributed by atoms with van der Waals surface area (Å²) < 4.78 is 0. The Hall–Kier alpha value is -1.60. The standard InChI is InChI=1S/C20H24O/c1-2-3-4-7-15-10-11-17-13-12-16-8-5-6-9-18(16)20(21)19(17)14-15/h5-6,8-11,14,20-21H,2-4,7,12-13H2,1H3. The van der Waals surface area contributed by atoms with E-state index in [9.17, 15) is 5.11 Å². The second kappa shape index (κ2) is 6.44. The van der Waals surface area contributed by atoms with Gasteiger partial charge in [-0.1, -0.05) is 62.2 Å². The minimum absolute atomic E-state index is 0.468. The van der Waals surface area contributed by atoms with Crippen LogP contribution in [0.2, 0.25) is 0 Å². The predicted molar refractivity (Wildman–Crippen MR) is 87.6 cm³/mol. The van der Waals surface area contributed by atoms with Gasteiger partial charge in [0.15, 0.2) is 0 Å². The van der Waals surface area contributed by atoms with Crippen LogP contribution in [0.3, 0.4) is 0 Å². The maximum Gasteiger partial charge on any atom is 0.105 e. The summed E-state index contributed by atoms with van der Waals surface area (Å²) in [5.41, 5.74) is 6.16. The van der Waals surface area contributed by atoms with Gasteiger partial charge in [-0.3, -0.25) is 0 Å². The molecule has 0 amide bonds. The maximum absolute atomic E-state index is 10.8. The van der Waals surface area contributed by atoms with Crippen LogP contribution in [-0.4, -0.2) is 5.11 Å². The highest BCUT2D eigenvalue weighted by Crippen LogP contribution is 2.33. The summed E-state index contributed by atoms with van der Waals surface area (Å²) in [5.74, 6) is 0. The van der Waals surface area contributed by atoms with Crippen molar-refractivity contribution in [3.05, 3.63) is 70.3 Å². The molecule has 2 aromatic rings. The van der Waals surface area contributed by atoms with Crippen LogP contribution in [0.4, 0.5) is 0 Å². The van der Waals surface area contributed by atoms with Crippen LogP contribution >= 0.6 is 0 Å².